The zero-order valence-electron chi connectivity index (χ0n) is 18.8. The van der Waals surface area contributed by atoms with Crippen molar-refractivity contribution in [2.45, 2.75) is 18.0 Å². The first kappa shape index (κ1) is 24.2. The van der Waals surface area contributed by atoms with Crippen LogP contribution in [0.3, 0.4) is 0 Å². The number of pyridine rings is 1. The van der Waals surface area contributed by atoms with Gasteiger partial charge in [0.2, 0.25) is 18.1 Å². The molecule has 0 bridgehead atoms. The monoisotopic (exact) mass is 539 g/mol. The number of thioether (sulfide) groups is 1. The Balaban J connectivity index is 1.36. The summed E-state index contributed by atoms with van der Waals surface area (Å²) in [7, 11) is 0. The molecule has 3 N–H and O–H groups in total. The van der Waals surface area contributed by atoms with Crippen molar-refractivity contribution in [2.24, 2.45) is 5.16 Å². The largest absolute Gasteiger partial charge is 0.543 e. The summed E-state index contributed by atoms with van der Waals surface area (Å²) in [6.07, 6.45) is 5.54. The van der Waals surface area contributed by atoms with Crippen LogP contribution in [0, 0.1) is 11.3 Å². The highest BCUT2D eigenvalue weighted by atomic mass is 32.2. The molecule has 3 aromatic rings. The second-order valence-electron chi connectivity index (χ2n) is 7.82. The SMILES string of the molecule is N#CCO/N=C(/C(=O)N[C@@H]1C(=O)N2C(C(=O)[O-])=C(Cn3cc[n+]4ccccc34)CS[C@H]12)c1nsc(N)n1. The number of nitrogens with one attached hydrogen (secondary N) is 1. The Kier molecular flexibility index (Phi) is 6.46. The van der Waals surface area contributed by atoms with E-state index in [-0.39, 0.29) is 28.9 Å². The number of carboxylic acid groups (broad SMARTS) is 1. The molecule has 0 unspecified atom stereocenters. The average Bonchev–Trinajstić information content (AvgIpc) is 3.50. The predicted octanol–water partition coefficient (Wildman–Crippen LogP) is -1.99. The third-order valence-electron chi connectivity index (χ3n) is 5.61. The molecule has 0 aliphatic carbocycles. The molecule has 5 rings (SSSR count). The highest BCUT2D eigenvalue weighted by Crippen LogP contribution is 2.40. The number of nitrogens with two attached hydrogens (primary N) is 1. The number of hydrogen-bond donors (Lipinski definition) is 2. The van der Waals surface area contributed by atoms with Gasteiger partial charge in [-0.3, -0.25) is 14.5 Å². The Morgan fingerprint density at radius 3 is 2.97 bits per heavy atom. The highest BCUT2D eigenvalue weighted by molar-refractivity contribution is 8.00. The minimum Gasteiger partial charge on any atom is -0.543 e. The Bertz CT molecular complexity index is 1520. The minimum absolute atomic E-state index is 0.0784. The van der Waals surface area contributed by atoms with Crippen molar-refractivity contribution in [3.63, 3.8) is 0 Å². The van der Waals surface area contributed by atoms with Crippen LogP contribution in [0.4, 0.5) is 5.13 Å². The lowest BCUT2D eigenvalue weighted by Crippen LogP contribution is -2.71. The number of carbonyl (C=O) groups excluding carboxylic acids is 3. The van der Waals surface area contributed by atoms with E-state index in [1.807, 2.05) is 45.8 Å². The van der Waals surface area contributed by atoms with Crippen LogP contribution in [0.2, 0.25) is 0 Å². The number of hydrogen-bond acceptors (Lipinski definition) is 12. The van der Waals surface area contributed by atoms with Gasteiger partial charge in [0.1, 0.15) is 36.4 Å². The van der Waals surface area contributed by atoms with Gasteiger partial charge in [0.15, 0.2) is 5.13 Å². The molecule has 0 aromatic carbocycles. The molecule has 1 saturated heterocycles. The predicted molar refractivity (Wildman–Crippen MR) is 127 cm³/mol. The summed E-state index contributed by atoms with van der Waals surface area (Å²) in [6, 6.07) is 6.32. The van der Waals surface area contributed by atoms with Gasteiger partial charge in [-0.25, -0.2) is 8.97 Å². The van der Waals surface area contributed by atoms with Gasteiger partial charge in [-0.1, -0.05) is 11.2 Å². The number of oxime groups is 1. The van der Waals surface area contributed by atoms with Crippen molar-refractivity contribution in [1.29, 1.82) is 5.26 Å². The van der Waals surface area contributed by atoms with Gasteiger partial charge in [0.05, 0.1) is 17.9 Å². The first-order chi connectivity index (χ1) is 17.9. The topological polar surface area (TPSA) is 196 Å². The van der Waals surface area contributed by atoms with Crippen LogP contribution >= 0.6 is 23.3 Å². The van der Waals surface area contributed by atoms with Crippen LogP contribution in [0.5, 0.6) is 0 Å². The standard InChI is InChI=1S/C21H17N9O5S2/c22-4-8-35-26-13(16-25-21(23)37-27-16)17(31)24-14-18(32)30-15(20(33)34)11(10-36-19(14)30)9-29-7-6-28-5-2-1-3-12(28)29/h1-3,5-7,14,19H,8-10H2,(H3-,23,24,25,27,31,33,34)/b26-13+/t14-,19-/m1/s1. The third kappa shape index (κ3) is 4.45. The molecule has 1 fully saturated rings. The first-order valence-electron chi connectivity index (χ1n) is 10.7. The maximum absolute atomic E-state index is 13.0. The summed E-state index contributed by atoms with van der Waals surface area (Å²) in [6.45, 7) is -0.183. The fourth-order valence-electron chi connectivity index (χ4n) is 4.03. The van der Waals surface area contributed by atoms with E-state index >= 15 is 0 Å². The second-order valence-corrected chi connectivity index (χ2v) is 9.71. The number of aliphatic carboxylic acids is 1. The zero-order valence-corrected chi connectivity index (χ0v) is 20.4. The van der Waals surface area contributed by atoms with E-state index in [4.69, 9.17) is 15.8 Å². The van der Waals surface area contributed by atoms with Crippen LogP contribution in [-0.2, 0) is 25.8 Å². The van der Waals surface area contributed by atoms with Crippen LogP contribution in [0.25, 0.3) is 5.65 Å². The van der Waals surface area contributed by atoms with E-state index in [0.29, 0.717) is 11.3 Å². The molecule has 16 heteroatoms. The lowest BCUT2D eigenvalue weighted by atomic mass is 10.0. The van der Waals surface area contributed by atoms with Crippen molar-refractivity contribution in [3.8, 4) is 6.07 Å². The summed E-state index contributed by atoms with van der Waals surface area (Å²) < 4.78 is 7.69. The van der Waals surface area contributed by atoms with Crippen molar-refractivity contribution in [1.82, 2.24) is 24.1 Å². The molecule has 14 nitrogen and oxygen atoms in total. The van der Waals surface area contributed by atoms with Crippen molar-refractivity contribution >= 4 is 57.6 Å². The molecular formula is C21H17N9O5S2. The molecular weight excluding hydrogens is 522 g/mol. The second kappa shape index (κ2) is 9.87. The van der Waals surface area contributed by atoms with Gasteiger partial charge < -0.3 is 25.8 Å². The summed E-state index contributed by atoms with van der Waals surface area (Å²) in [5.74, 6) is -2.76. The molecule has 2 aliphatic rings. The molecule has 2 atom stereocenters. The fraction of sp³-hybridized carbons (Fsp3) is 0.238. The lowest BCUT2D eigenvalue weighted by molar-refractivity contribution is -0.510. The number of nitrogens with zero attached hydrogens (tertiary/aromatic N) is 7. The highest BCUT2D eigenvalue weighted by Gasteiger charge is 2.53. The molecule has 0 saturated carbocycles. The smallest absolute Gasteiger partial charge is 0.286 e. The maximum atomic E-state index is 13.0. The number of β-lactam (4-membered cyclic amide) rings is 1. The number of imidazole rings is 1. The van der Waals surface area contributed by atoms with Crippen LogP contribution in [0.1, 0.15) is 5.82 Å². The molecule has 0 spiro atoms. The molecule has 2 amide bonds. The van der Waals surface area contributed by atoms with Gasteiger partial charge in [-0.05, 0) is 6.07 Å². The third-order valence-corrected chi connectivity index (χ3v) is 7.49. The van der Waals surface area contributed by atoms with Crippen molar-refractivity contribution < 1.29 is 28.7 Å². The molecule has 3 aromatic heterocycles. The molecule has 37 heavy (non-hydrogen) atoms. The number of rotatable bonds is 8. The first-order valence-corrected chi connectivity index (χ1v) is 12.5. The van der Waals surface area contributed by atoms with Gasteiger partial charge in [0, 0.05) is 28.9 Å². The number of anilines is 1. The Labute approximate surface area is 216 Å². The zero-order chi connectivity index (χ0) is 26.1. The Morgan fingerprint density at radius 1 is 1.41 bits per heavy atom. The Hall–Kier alpha value is -4.49. The summed E-state index contributed by atoms with van der Waals surface area (Å²) in [5.41, 5.74) is 6.37. The summed E-state index contributed by atoms with van der Waals surface area (Å²) in [5, 5.41) is 26.3. The average molecular weight is 540 g/mol. The Morgan fingerprint density at radius 2 is 2.24 bits per heavy atom. The van der Waals surface area contributed by atoms with E-state index in [9.17, 15) is 19.5 Å². The fourth-order valence-corrected chi connectivity index (χ4v) is 5.80. The quantitative estimate of drug-likeness (QED) is 0.106. The van der Waals surface area contributed by atoms with Crippen LogP contribution in [0.15, 0.2) is 53.2 Å². The summed E-state index contributed by atoms with van der Waals surface area (Å²) in [4.78, 5) is 47.9. The summed E-state index contributed by atoms with van der Waals surface area (Å²) >= 11 is 2.14. The van der Waals surface area contributed by atoms with Gasteiger partial charge >= 0.3 is 0 Å². The van der Waals surface area contributed by atoms with Gasteiger partial charge in [-0.2, -0.15) is 14.6 Å². The maximum Gasteiger partial charge on any atom is 0.286 e. The number of carboxylic acids is 1. The minimum atomic E-state index is -1.48. The molecule has 2 aliphatic heterocycles. The number of aromatic nitrogens is 4. The number of amides is 2. The van der Waals surface area contributed by atoms with Crippen molar-refractivity contribution in [2.75, 3.05) is 18.1 Å². The van der Waals surface area contributed by atoms with E-state index in [1.54, 1.807) is 6.07 Å². The van der Waals surface area contributed by atoms with E-state index < -0.39 is 35.8 Å². The van der Waals surface area contributed by atoms with Gasteiger partial charge in [0.25, 0.3) is 17.5 Å². The molecule has 0 radical (unpaired) electrons. The normalized spacial score (nSPS) is 19.3. The number of carbonyl (C=O) groups is 3. The lowest BCUT2D eigenvalue weighted by Gasteiger charge is -2.50. The van der Waals surface area contributed by atoms with Crippen molar-refractivity contribution in [3.05, 3.63) is 53.9 Å². The molecule has 5 heterocycles. The van der Waals surface area contributed by atoms with Gasteiger partial charge in [-0.15, -0.1) is 11.8 Å². The van der Waals surface area contributed by atoms with E-state index in [2.05, 4.69) is 19.8 Å². The van der Waals surface area contributed by atoms with Crippen LogP contribution in [-0.4, -0.2) is 66.1 Å². The number of nitriles is 1. The van der Waals surface area contributed by atoms with Crippen LogP contribution < -0.4 is 20.6 Å². The number of nitrogen functional groups attached to an aromatic ring is 1. The van der Waals surface area contributed by atoms with E-state index in [0.717, 1.165) is 22.1 Å². The molecule has 188 valence electrons. The number of fused-ring (bicyclic) bond motifs is 2. The van der Waals surface area contributed by atoms with E-state index in [1.165, 1.54) is 11.8 Å².